The van der Waals surface area contributed by atoms with E-state index in [-0.39, 0.29) is 17.9 Å². The quantitative estimate of drug-likeness (QED) is 0.839. The summed E-state index contributed by atoms with van der Waals surface area (Å²) in [5.74, 6) is -1.00. The maximum atomic E-state index is 13.2. The van der Waals surface area contributed by atoms with Crippen LogP contribution in [0.5, 0.6) is 5.75 Å². The third-order valence-electron chi connectivity index (χ3n) is 2.31. The summed E-state index contributed by atoms with van der Waals surface area (Å²) in [5, 5.41) is 12.4. The molecule has 1 unspecified atom stereocenters. The maximum absolute atomic E-state index is 13.2. The van der Waals surface area contributed by atoms with Gasteiger partial charge in [-0.05, 0) is 19.2 Å². The lowest BCUT2D eigenvalue weighted by atomic mass is 10.0. The minimum Gasteiger partial charge on any atom is -0.496 e. The highest BCUT2D eigenvalue weighted by Crippen LogP contribution is 2.35. The van der Waals surface area contributed by atoms with E-state index in [4.69, 9.17) is 4.74 Å². The van der Waals surface area contributed by atoms with Gasteiger partial charge >= 0.3 is 0 Å². The SMILES string of the molecule is CNCC(O)c1cc(F)cc(C(F)F)c1OC. The van der Waals surface area contributed by atoms with Crippen LogP contribution in [0.4, 0.5) is 13.2 Å². The number of hydrogen-bond donors (Lipinski definition) is 2. The zero-order chi connectivity index (χ0) is 13.0. The fraction of sp³-hybridized carbons (Fsp3) is 0.455. The zero-order valence-electron chi connectivity index (χ0n) is 9.51. The first-order chi connectivity index (χ1) is 8.01. The number of methoxy groups -OCH3 is 1. The summed E-state index contributed by atoms with van der Waals surface area (Å²) in [6.07, 6.45) is -3.97. The number of aliphatic hydroxyl groups excluding tert-OH is 1. The van der Waals surface area contributed by atoms with Crippen molar-refractivity contribution in [1.82, 2.24) is 5.32 Å². The molecule has 0 aromatic heterocycles. The second-order valence-corrected chi connectivity index (χ2v) is 3.49. The van der Waals surface area contributed by atoms with Gasteiger partial charge in [-0.3, -0.25) is 0 Å². The Kier molecular flexibility index (Phi) is 4.77. The zero-order valence-corrected chi connectivity index (χ0v) is 9.51. The normalized spacial score (nSPS) is 12.9. The maximum Gasteiger partial charge on any atom is 0.267 e. The molecule has 0 bridgehead atoms. The average molecular weight is 249 g/mol. The molecule has 3 nitrogen and oxygen atoms in total. The fourth-order valence-electron chi connectivity index (χ4n) is 1.59. The number of benzene rings is 1. The van der Waals surface area contributed by atoms with Gasteiger partial charge in [0, 0.05) is 12.1 Å². The Labute approximate surface area is 97.2 Å². The second-order valence-electron chi connectivity index (χ2n) is 3.49. The van der Waals surface area contributed by atoms with Crippen LogP contribution in [0.15, 0.2) is 12.1 Å². The molecule has 0 aliphatic rings. The Balaban J connectivity index is 3.27. The van der Waals surface area contributed by atoms with Crippen molar-refractivity contribution >= 4 is 0 Å². The molecule has 0 spiro atoms. The molecule has 0 saturated carbocycles. The van der Waals surface area contributed by atoms with Gasteiger partial charge in [-0.1, -0.05) is 0 Å². The average Bonchev–Trinajstić information content (AvgIpc) is 2.28. The summed E-state index contributed by atoms with van der Waals surface area (Å²) in [6.45, 7) is 0.114. The third kappa shape index (κ3) is 3.10. The molecular weight excluding hydrogens is 235 g/mol. The van der Waals surface area contributed by atoms with Gasteiger partial charge in [0.05, 0.1) is 18.8 Å². The molecule has 0 aliphatic heterocycles. The summed E-state index contributed by atoms with van der Waals surface area (Å²) in [6, 6.07) is 1.70. The molecular formula is C11H14F3NO2. The van der Waals surface area contributed by atoms with Crippen LogP contribution in [-0.4, -0.2) is 25.8 Å². The largest absolute Gasteiger partial charge is 0.496 e. The summed E-state index contributed by atoms with van der Waals surface area (Å²) >= 11 is 0. The van der Waals surface area contributed by atoms with Gasteiger partial charge in [0.1, 0.15) is 11.6 Å². The number of nitrogens with one attached hydrogen (secondary N) is 1. The van der Waals surface area contributed by atoms with E-state index in [2.05, 4.69) is 5.32 Å². The minimum absolute atomic E-state index is 0.0113. The molecule has 2 N–H and O–H groups in total. The van der Waals surface area contributed by atoms with Crippen LogP contribution in [0.2, 0.25) is 0 Å². The Morgan fingerprint density at radius 1 is 1.35 bits per heavy atom. The van der Waals surface area contributed by atoms with Crippen LogP contribution in [-0.2, 0) is 0 Å². The van der Waals surface area contributed by atoms with Crippen molar-refractivity contribution in [2.75, 3.05) is 20.7 Å². The summed E-state index contributed by atoms with van der Waals surface area (Å²) in [7, 11) is 2.79. The van der Waals surface area contributed by atoms with E-state index in [0.29, 0.717) is 6.07 Å². The van der Waals surface area contributed by atoms with E-state index in [1.165, 1.54) is 7.11 Å². The van der Waals surface area contributed by atoms with Gasteiger partial charge < -0.3 is 15.2 Å². The minimum atomic E-state index is -2.86. The van der Waals surface area contributed by atoms with E-state index < -0.39 is 23.9 Å². The van der Waals surface area contributed by atoms with Gasteiger partial charge in [0.2, 0.25) is 0 Å². The van der Waals surface area contributed by atoms with Crippen molar-refractivity contribution in [2.45, 2.75) is 12.5 Å². The number of ether oxygens (including phenoxy) is 1. The molecule has 0 saturated heterocycles. The first-order valence-corrected chi connectivity index (χ1v) is 4.99. The van der Waals surface area contributed by atoms with Crippen LogP contribution in [0, 0.1) is 5.82 Å². The molecule has 1 aromatic carbocycles. The van der Waals surface area contributed by atoms with Crippen molar-refractivity contribution in [1.29, 1.82) is 0 Å². The number of alkyl halides is 2. The smallest absolute Gasteiger partial charge is 0.267 e. The molecule has 0 aliphatic carbocycles. The molecule has 96 valence electrons. The van der Waals surface area contributed by atoms with E-state index in [1.807, 2.05) is 0 Å². The van der Waals surface area contributed by atoms with Crippen LogP contribution >= 0.6 is 0 Å². The molecule has 17 heavy (non-hydrogen) atoms. The van der Waals surface area contributed by atoms with Crippen molar-refractivity contribution in [3.63, 3.8) is 0 Å². The van der Waals surface area contributed by atoms with Gasteiger partial charge in [-0.15, -0.1) is 0 Å². The van der Waals surface area contributed by atoms with E-state index in [9.17, 15) is 18.3 Å². The van der Waals surface area contributed by atoms with Gasteiger partial charge in [0.25, 0.3) is 6.43 Å². The van der Waals surface area contributed by atoms with E-state index in [1.54, 1.807) is 7.05 Å². The van der Waals surface area contributed by atoms with E-state index >= 15 is 0 Å². The lowest BCUT2D eigenvalue weighted by Crippen LogP contribution is -2.18. The highest BCUT2D eigenvalue weighted by molar-refractivity contribution is 5.44. The van der Waals surface area contributed by atoms with Crippen molar-refractivity contribution in [3.05, 3.63) is 29.1 Å². The highest BCUT2D eigenvalue weighted by Gasteiger charge is 2.22. The van der Waals surface area contributed by atoms with Crippen LogP contribution in [0.25, 0.3) is 0 Å². The number of likely N-dealkylation sites (N-methyl/N-ethyl adjacent to an activating group) is 1. The molecule has 6 heteroatoms. The molecule has 0 radical (unpaired) electrons. The van der Waals surface area contributed by atoms with Crippen LogP contribution in [0.3, 0.4) is 0 Å². The second kappa shape index (κ2) is 5.88. The Hall–Kier alpha value is -1.27. The molecule has 0 fully saturated rings. The number of halogens is 3. The molecule has 1 aromatic rings. The standard InChI is InChI=1S/C11H14F3NO2/c1-15-5-9(16)7-3-6(12)4-8(11(13)14)10(7)17-2/h3-4,9,11,15-16H,5H2,1-2H3. The number of aliphatic hydroxyl groups is 1. The Morgan fingerprint density at radius 3 is 2.41 bits per heavy atom. The van der Waals surface area contributed by atoms with Crippen molar-refractivity contribution in [2.24, 2.45) is 0 Å². The Bertz CT molecular complexity index is 385. The third-order valence-corrected chi connectivity index (χ3v) is 2.31. The lowest BCUT2D eigenvalue weighted by molar-refractivity contribution is 0.142. The molecule has 0 amide bonds. The van der Waals surface area contributed by atoms with Crippen molar-refractivity contribution < 1.29 is 23.0 Å². The summed E-state index contributed by atoms with van der Waals surface area (Å²) in [4.78, 5) is 0. The van der Waals surface area contributed by atoms with Gasteiger partial charge in [-0.25, -0.2) is 13.2 Å². The first kappa shape index (κ1) is 13.8. The fourth-order valence-corrected chi connectivity index (χ4v) is 1.59. The van der Waals surface area contributed by atoms with Gasteiger partial charge in [-0.2, -0.15) is 0 Å². The summed E-state index contributed by atoms with van der Waals surface area (Å²) in [5.41, 5.74) is -0.546. The highest BCUT2D eigenvalue weighted by atomic mass is 19.3. The number of rotatable bonds is 5. The summed E-state index contributed by atoms with van der Waals surface area (Å²) < 4.78 is 43.4. The van der Waals surface area contributed by atoms with Gasteiger partial charge in [0.15, 0.2) is 0 Å². The lowest BCUT2D eigenvalue weighted by Gasteiger charge is -2.17. The predicted molar refractivity (Wildman–Crippen MR) is 56.8 cm³/mol. The Morgan fingerprint density at radius 2 is 1.94 bits per heavy atom. The van der Waals surface area contributed by atoms with Crippen LogP contribution < -0.4 is 10.1 Å². The molecule has 0 heterocycles. The first-order valence-electron chi connectivity index (χ1n) is 4.99. The molecule has 1 rings (SSSR count). The predicted octanol–water partition coefficient (Wildman–Crippen LogP) is 2.02. The monoisotopic (exact) mass is 249 g/mol. The topological polar surface area (TPSA) is 41.5 Å². The number of hydrogen-bond acceptors (Lipinski definition) is 3. The van der Waals surface area contributed by atoms with E-state index in [0.717, 1.165) is 6.07 Å². The van der Waals surface area contributed by atoms with Crippen molar-refractivity contribution in [3.8, 4) is 5.75 Å². The molecule has 1 atom stereocenters. The van der Waals surface area contributed by atoms with Crippen LogP contribution in [0.1, 0.15) is 23.7 Å².